The predicted molar refractivity (Wildman–Crippen MR) is 133 cm³/mol. The molecule has 2 fully saturated rings. The number of hydrogen-bond donors (Lipinski definition) is 3. The highest BCUT2D eigenvalue weighted by molar-refractivity contribution is 5.97. The van der Waals surface area contributed by atoms with Gasteiger partial charge in [0, 0.05) is 49.4 Å². The molecule has 192 valence electrons. The Kier molecular flexibility index (Phi) is 7.93. The van der Waals surface area contributed by atoms with E-state index in [2.05, 4.69) is 25.8 Å². The first-order valence-corrected chi connectivity index (χ1v) is 12.2. The minimum Gasteiger partial charge on any atom is -0.378 e. The maximum atomic E-state index is 12.7. The lowest BCUT2D eigenvalue weighted by Gasteiger charge is -2.33. The molecule has 2 aliphatic heterocycles. The summed E-state index contributed by atoms with van der Waals surface area (Å²) in [5.41, 5.74) is 6.59. The number of carbonyl (C=O) groups excluding carboxylic acids is 3. The van der Waals surface area contributed by atoms with Crippen LogP contribution >= 0.6 is 0 Å². The third kappa shape index (κ3) is 6.06. The monoisotopic (exact) mass is 496 g/mol. The number of nitrogens with two attached hydrogens (primary N) is 1. The first kappa shape index (κ1) is 25.3. The summed E-state index contributed by atoms with van der Waals surface area (Å²) in [6, 6.07) is 6.87. The second-order valence-corrected chi connectivity index (χ2v) is 9.23. The number of primary amides is 1. The minimum atomic E-state index is -0.760. The fraction of sp³-hybridized carbons (Fsp3) is 0.500. The van der Waals surface area contributed by atoms with Gasteiger partial charge in [-0.15, -0.1) is 10.2 Å². The van der Waals surface area contributed by atoms with Crippen LogP contribution in [0.1, 0.15) is 47.5 Å². The van der Waals surface area contributed by atoms with Crippen LogP contribution in [0.5, 0.6) is 0 Å². The highest BCUT2D eigenvalue weighted by Gasteiger charge is 2.26. The number of hydrogen-bond acceptors (Lipinski definition) is 9. The second-order valence-electron chi connectivity index (χ2n) is 9.23. The molecule has 12 nitrogen and oxygen atoms in total. The molecule has 2 saturated heterocycles. The Balaban J connectivity index is 1.49. The summed E-state index contributed by atoms with van der Waals surface area (Å²) in [7, 11) is 0. The fourth-order valence-corrected chi connectivity index (χ4v) is 4.13. The molecule has 1 aromatic carbocycles. The molecule has 4 N–H and O–H groups in total. The number of nitrogens with zero attached hydrogens (tertiary/aromatic N) is 5. The molecular formula is C24H32N8O4. The summed E-state index contributed by atoms with van der Waals surface area (Å²) in [4.78, 5) is 45.0. The summed E-state index contributed by atoms with van der Waals surface area (Å²) in [6.07, 6.45) is 1.72. The van der Waals surface area contributed by atoms with Crippen LogP contribution in [0, 0.1) is 5.92 Å². The van der Waals surface area contributed by atoms with Crippen molar-refractivity contribution in [2.75, 3.05) is 49.6 Å². The third-order valence-corrected chi connectivity index (χ3v) is 6.18. The van der Waals surface area contributed by atoms with Crippen molar-refractivity contribution in [1.82, 2.24) is 25.4 Å². The molecule has 0 aliphatic carbocycles. The molecule has 1 unspecified atom stereocenters. The number of ether oxygens (including phenoxy) is 1. The fourth-order valence-electron chi connectivity index (χ4n) is 4.13. The zero-order chi connectivity index (χ0) is 25.7. The Hall–Kier alpha value is -3.80. The van der Waals surface area contributed by atoms with Crippen molar-refractivity contribution in [1.29, 1.82) is 0 Å². The first-order chi connectivity index (χ1) is 17.3. The molecular weight excluding hydrogens is 464 g/mol. The molecule has 0 saturated carbocycles. The van der Waals surface area contributed by atoms with E-state index >= 15 is 0 Å². The summed E-state index contributed by atoms with van der Waals surface area (Å²) < 4.78 is 5.31. The topological polar surface area (TPSA) is 156 Å². The van der Waals surface area contributed by atoms with Crippen LogP contribution in [0.15, 0.2) is 24.3 Å². The number of anilines is 3. The van der Waals surface area contributed by atoms with E-state index in [1.165, 1.54) is 0 Å². The summed E-state index contributed by atoms with van der Waals surface area (Å²) in [5.74, 6) is -0.401. The lowest BCUT2D eigenvalue weighted by molar-refractivity contribution is -0.124. The van der Waals surface area contributed by atoms with Gasteiger partial charge in [0.2, 0.25) is 11.9 Å². The van der Waals surface area contributed by atoms with Crippen LogP contribution in [0.2, 0.25) is 0 Å². The maximum absolute atomic E-state index is 12.7. The molecule has 0 spiro atoms. The van der Waals surface area contributed by atoms with Crippen molar-refractivity contribution in [3.63, 3.8) is 0 Å². The lowest BCUT2D eigenvalue weighted by Crippen LogP contribution is -2.49. The van der Waals surface area contributed by atoms with Gasteiger partial charge in [-0.1, -0.05) is 13.8 Å². The average molecular weight is 497 g/mol. The smallest absolute Gasteiger partial charge is 0.273 e. The first-order valence-electron chi connectivity index (χ1n) is 12.2. The van der Waals surface area contributed by atoms with Gasteiger partial charge in [0.05, 0.1) is 13.2 Å². The zero-order valence-electron chi connectivity index (χ0n) is 20.6. The summed E-state index contributed by atoms with van der Waals surface area (Å²) in [5, 5.41) is 14.3. The third-order valence-electron chi connectivity index (χ3n) is 6.18. The van der Waals surface area contributed by atoms with Crippen molar-refractivity contribution in [2.24, 2.45) is 11.7 Å². The average Bonchev–Trinajstić information content (AvgIpc) is 2.89. The Morgan fingerprint density at radius 3 is 2.47 bits per heavy atom. The van der Waals surface area contributed by atoms with Crippen molar-refractivity contribution < 1.29 is 19.1 Å². The van der Waals surface area contributed by atoms with E-state index in [0.717, 1.165) is 12.8 Å². The van der Waals surface area contributed by atoms with Crippen molar-refractivity contribution >= 4 is 35.2 Å². The number of carbonyl (C=O) groups is 3. The van der Waals surface area contributed by atoms with Crippen LogP contribution in [0.3, 0.4) is 0 Å². The maximum Gasteiger partial charge on any atom is 0.273 e. The van der Waals surface area contributed by atoms with E-state index in [1.54, 1.807) is 29.2 Å². The number of amides is 3. The summed E-state index contributed by atoms with van der Waals surface area (Å²) in [6.45, 7) is 7.14. The Morgan fingerprint density at radius 2 is 1.81 bits per heavy atom. The van der Waals surface area contributed by atoms with Crippen LogP contribution in [0.25, 0.3) is 0 Å². The van der Waals surface area contributed by atoms with Gasteiger partial charge in [-0.2, -0.15) is 4.98 Å². The van der Waals surface area contributed by atoms with E-state index in [4.69, 9.17) is 10.5 Å². The van der Waals surface area contributed by atoms with Gasteiger partial charge in [0.1, 0.15) is 0 Å². The number of morpholine rings is 1. The van der Waals surface area contributed by atoms with Crippen molar-refractivity contribution in [3.05, 3.63) is 35.5 Å². The van der Waals surface area contributed by atoms with E-state index < -0.39 is 5.91 Å². The molecule has 2 aromatic rings. The van der Waals surface area contributed by atoms with Gasteiger partial charge >= 0.3 is 0 Å². The minimum absolute atomic E-state index is 0.00266. The van der Waals surface area contributed by atoms with E-state index in [9.17, 15) is 14.4 Å². The van der Waals surface area contributed by atoms with Gasteiger partial charge in [-0.3, -0.25) is 14.4 Å². The van der Waals surface area contributed by atoms with Gasteiger partial charge in [-0.25, -0.2) is 0 Å². The highest BCUT2D eigenvalue weighted by atomic mass is 16.5. The SMILES string of the molecule is CC(C)C(=O)NC1CCCN(c2nnc(C(N)=O)c(Nc3ccc(C(=O)N4CCOCC4)cc3)n2)C1. The number of nitrogens with one attached hydrogen (secondary N) is 2. The number of piperidine rings is 1. The number of benzene rings is 1. The van der Waals surface area contributed by atoms with Crippen LogP contribution in [0.4, 0.5) is 17.5 Å². The Labute approximate surface area is 209 Å². The van der Waals surface area contributed by atoms with E-state index in [0.29, 0.717) is 56.6 Å². The van der Waals surface area contributed by atoms with Gasteiger partial charge in [0.15, 0.2) is 11.5 Å². The number of aromatic nitrogens is 3. The Morgan fingerprint density at radius 1 is 1.08 bits per heavy atom. The molecule has 3 amide bonds. The molecule has 1 aromatic heterocycles. The van der Waals surface area contributed by atoms with Crippen LogP contribution in [-0.2, 0) is 9.53 Å². The molecule has 36 heavy (non-hydrogen) atoms. The normalized spacial score (nSPS) is 18.1. The largest absolute Gasteiger partial charge is 0.378 e. The molecule has 1 atom stereocenters. The summed E-state index contributed by atoms with van der Waals surface area (Å²) >= 11 is 0. The van der Waals surface area contributed by atoms with Gasteiger partial charge in [0.25, 0.3) is 11.8 Å². The van der Waals surface area contributed by atoms with Gasteiger partial charge < -0.3 is 30.9 Å². The molecule has 4 rings (SSSR count). The van der Waals surface area contributed by atoms with Crippen molar-refractivity contribution in [3.8, 4) is 0 Å². The van der Waals surface area contributed by atoms with Crippen LogP contribution in [-0.4, -0.2) is 83.2 Å². The second kappa shape index (κ2) is 11.3. The molecule has 3 heterocycles. The van der Waals surface area contributed by atoms with Gasteiger partial charge in [-0.05, 0) is 37.1 Å². The Bertz CT molecular complexity index is 1100. The van der Waals surface area contributed by atoms with E-state index in [1.807, 2.05) is 18.7 Å². The molecule has 2 aliphatic rings. The predicted octanol–water partition coefficient (Wildman–Crippen LogP) is 0.928. The molecule has 0 bridgehead atoms. The lowest BCUT2D eigenvalue weighted by atomic mass is 10.0. The van der Waals surface area contributed by atoms with E-state index in [-0.39, 0.29) is 35.3 Å². The standard InChI is InChI=1S/C24H32N8O4/c1-15(2)22(34)27-18-4-3-9-32(14-18)24-28-21(19(20(25)33)29-30-24)26-17-7-5-16(6-8-17)23(35)31-10-12-36-13-11-31/h5-8,15,18H,3-4,9-14H2,1-2H3,(H2,25,33)(H,27,34)(H,26,28,30). The molecule has 12 heteroatoms. The van der Waals surface area contributed by atoms with Crippen LogP contribution < -0.4 is 21.3 Å². The highest BCUT2D eigenvalue weighted by Crippen LogP contribution is 2.22. The number of rotatable bonds is 7. The van der Waals surface area contributed by atoms with Crippen molar-refractivity contribution in [2.45, 2.75) is 32.7 Å². The molecule has 0 radical (unpaired) electrons. The quantitative estimate of drug-likeness (QED) is 0.507. The zero-order valence-corrected chi connectivity index (χ0v) is 20.6.